The zero-order valence-electron chi connectivity index (χ0n) is 17.8. The smallest absolute Gasteiger partial charge is 0.183 e. The minimum atomic E-state index is -0.276. The lowest BCUT2D eigenvalue weighted by molar-refractivity contribution is -0.220. The van der Waals surface area contributed by atoms with Gasteiger partial charge in [-0.05, 0) is 11.8 Å². The Morgan fingerprint density at radius 1 is 0.655 bits per heavy atom. The van der Waals surface area contributed by atoms with Crippen LogP contribution in [0.4, 0.5) is 0 Å². The van der Waals surface area contributed by atoms with E-state index < -0.39 is 0 Å². The van der Waals surface area contributed by atoms with Gasteiger partial charge in [-0.15, -0.1) is 0 Å². The third kappa shape index (κ3) is 7.31. The van der Waals surface area contributed by atoms with Crippen LogP contribution in [0.15, 0.2) is 30.3 Å². The van der Waals surface area contributed by atoms with Crippen LogP contribution in [0.5, 0.6) is 0 Å². The van der Waals surface area contributed by atoms with Crippen molar-refractivity contribution < 1.29 is 28.4 Å². The van der Waals surface area contributed by atoms with E-state index >= 15 is 0 Å². The Kier molecular flexibility index (Phi) is 9.86. The van der Waals surface area contributed by atoms with Gasteiger partial charge < -0.3 is 28.4 Å². The molecule has 0 radical (unpaired) electrons. The monoisotopic (exact) mass is 408 g/mol. The van der Waals surface area contributed by atoms with Crippen LogP contribution in [-0.2, 0) is 28.4 Å². The molecule has 6 nitrogen and oxygen atoms in total. The SMILES string of the molecule is CC(C)C(C1COCCOCCOCCOC1)C1COC(c2ccccc2)OC1. The number of ether oxygens (including phenoxy) is 6. The summed E-state index contributed by atoms with van der Waals surface area (Å²) in [5, 5.41) is 0. The average molecular weight is 409 g/mol. The molecule has 0 saturated carbocycles. The molecular weight excluding hydrogens is 372 g/mol. The van der Waals surface area contributed by atoms with Crippen molar-refractivity contribution in [2.45, 2.75) is 20.1 Å². The van der Waals surface area contributed by atoms with E-state index in [-0.39, 0.29) is 12.2 Å². The summed E-state index contributed by atoms with van der Waals surface area (Å²) in [5.74, 6) is 1.45. The molecular formula is C23H36O6. The van der Waals surface area contributed by atoms with Crippen LogP contribution in [0.25, 0.3) is 0 Å². The van der Waals surface area contributed by atoms with Gasteiger partial charge in [0.15, 0.2) is 6.29 Å². The van der Waals surface area contributed by atoms with Crippen molar-refractivity contribution >= 4 is 0 Å². The lowest BCUT2D eigenvalue weighted by Crippen LogP contribution is -2.41. The summed E-state index contributed by atoms with van der Waals surface area (Å²) in [4.78, 5) is 0. The lowest BCUT2D eigenvalue weighted by Gasteiger charge is -2.40. The summed E-state index contributed by atoms with van der Waals surface area (Å²) in [6, 6.07) is 10.1. The van der Waals surface area contributed by atoms with Gasteiger partial charge in [-0.25, -0.2) is 0 Å². The Bertz CT molecular complexity index is 530. The molecule has 6 heteroatoms. The molecule has 2 heterocycles. The van der Waals surface area contributed by atoms with E-state index in [4.69, 9.17) is 28.4 Å². The van der Waals surface area contributed by atoms with Crippen LogP contribution in [0.2, 0.25) is 0 Å². The number of hydrogen-bond acceptors (Lipinski definition) is 6. The largest absolute Gasteiger partial charge is 0.379 e. The summed E-state index contributed by atoms with van der Waals surface area (Å²) in [6.45, 7) is 10.8. The predicted molar refractivity (Wildman–Crippen MR) is 110 cm³/mol. The van der Waals surface area contributed by atoms with E-state index in [1.54, 1.807) is 0 Å². The van der Waals surface area contributed by atoms with Crippen molar-refractivity contribution in [3.63, 3.8) is 0 Å². The second-order valence-corrected chi connectivity index (χ2v) is 8.13. The van der Waals surface area contributed by atoms with Crippen LogP contribution < -0.4 is 0 Å². The molecule has 0 N–H and O–H groups in total. The zero-order valence-corrected chi connectivity index (χ0v) is 17.8. The molecule has 0 aliphatic carbocycles. The molecule has 1 aromatic rings. The maximum Gasteiger partial charge on any atom is 0.183 e. The van der Waals surface area contributed by atoms with E-state index in [9.17, 15) is 0 Å². The van der Waals surface area contributed by atoms with Gasteiger partial charge in [-0.3, -0.25) is 0 Å². The van der Waals surface area contributed by atoms with Crippen molar-refractivity contribution in [2.24, 2.45) is 23.7 Å². The standard InChI is InChI=1S/C23H36O6/c1-18(2)22(20-14-26-12-10-24-8-9-25-11-13-27-15-20)21-16-28-23(29-17-21)19-6-4-3-5-7-19/h3-7,18,20-23H,8-17H2,1-2H3. The number of benzene rings is 1. The fourth-order valence-electron chi connectivity index (χ4n) is 4.31. The summed E-state index contributed by atoms with van der Waals surface area (Å²) < 4.78 is 35.2. The Morgan fingerprint density at radius 3 is 1.66 bits per heavy atom. The Hall–Kier alpha value is -1.02. The molecule has 2 fully saturated rings. The third-order valence-corrected chi connectivity index (χ3v) is 5.63. The fourth-order valence-corrected chi connectivity index (χ4v) is 4.31. The van der Waals surface area contributed by atoms with Gasteiger partial charge in [0.1, 0.15) is 0 Å². The number of rotatable bonds is 4. The zero-order chi connectivity index (χ0) is 20.3. The predicted octanol–water partition coefficient (Wildman–Crippen LogP) is 3.32. The van der Waals surface area contributed by atoms with Gasteiger partial charge in [0.05, 0.1) is 66.1 Å². The maximum absolute atomic E-state index is 6.11. The van der Waals surface area contributed by atoms with Crippen LogP contribution in [0, 0.1) is 23.7 Å². The first-order chi connectivity index (χ1) is 14.3. The van der Waals surface area contributed by atoms with Gasteiger partial charge in [0.2, 0.25) is 0 Å². The number of hydrogen-bond donors (Lipinski definition) is 0. The first kappa shape index (κ1) is 22.7. The van der Waals surface area contributed by atoms with Crippen LogP contribution in [0.3, 0.4) is 0 Å². The van der Waals surface area contributed by atoms with Crippen molar-refractivity contribution in [3.8, 4) is 0 Å². The molecule has 0 bridgehead atoms. The highest BCUT2D eigenvalue weighted by atomic mass is 16.7. The fraction of sp³-hybridized carbons (Fsp3) is 0.739. The quantitative estimate of drug-likeness (QED) is 0.762. The molecule has 2 aliphatic rings. The van der Waals surface area contributed by atoms with E-state index in [0.717, 1.165) is 5.56 Å². The summed E-state index contributed by atoms with van der Waals surface area (Å²) in [7, 11) is 0. The van der Waals surface area contributed by atoms with E-state index in [2.05, 4.69) is 13.8 Å². The minimum Gasteiger partial charge on any atom is -0.379 e. The molecule has 0 aromatic heterocycles. The van der Waals surface area contributed by atoms with Gasteiger partial charge in [0.25, 0.3) is 0 Å². The van der Waals surface area contributed by atoms with Crippen molar-refractivity contribution in [1.29, 1.82) is 0 Å². The van der Waals surface area contributed by atoms with Crippen molar-refractivity contribution in [2.75, 3.05) is 66.1 Å². The Morgan fingerprint density at radius 2 is 1.14 bits per heavy atom. The molecule has 2 aliphatic heterocycles. The third-order valence-electron chi connectivity index (χ3n) is 5.63. The van der Waals surface area contributed by atoms with Gasteiger partial charge in [-0.1, -0.05) is 44.2 Å². The normalized spacial score (nSPS) is 27.6. The summed E-state index contributed by atoms with van der Waals surface area (Å²) in [6.07, 6.45) is -0.276. The van der Waals surface area contributed by atoms with Crippen LogP contribution in [0.1, 0.15) is 25.7 Å². The second kappa shape index (κ2) is 12.6. The Balaban J connectivity index is 1.58. The molecule has 0 spiro atoms. The van der Waals surface area contributed by atoms with E-state index in [0.29, 0.717) is 83.8 Å². The highest BCUT2D eigenvalue weighted by Gasteiger charge is 2.36. The molecule has 1 aromatic carbocycles. The second-order valence-electron chi connectivity index (χ2n) is 8.13. The van der Waals surface area contributed by atoms with Crippen LogP contribution in [-0.4, -0.2) is 66.1 Å². The Labute approximate surface area is 174 Å². The maximum atomic E-state index is 6.11. The van der Waals surface area contributed by atoms with Gasteiger partial charge in [-0.2, -0.15) is 0 Å². The average Bonchev–Trinajstić information content (AvgIpc) is 2.77. The topological polar surface area (TPSA) is 55.4 Å². The molecule has 2 saturated heterocycles. The molecule has 29 heavy (non-hydrogen) atoms. The molecule has 0 amide bonds. The summed E-state index contributed by atoms with van der Waals surface area (Å²) >= 11 is 0. The minimum absolute atomic E-state index is 0.276. The van der Waals surface area contributed by atoms with Crippen LogP contribution >= 0.6 is 0 Å². The van der Waals surface area contributed by atoms with Crippen molar-refractivity contribution in [3.05, 3.63) is 35.9 Å². The van der Waals surface area contributed by atoms with Gasteiger partial charge in [0, 0.05) is 17.4 Å². The first-order valence-corrected chi connectivity index (χ1v) is 10.8. The summed E-state index contributed by atoms with van der Waals surface area (Å²) in [5.41, 5.74) is 1.07. The molecule has 164 valence electrons. The van der Waals surface area contributed by atoms with Crippen molar-refractivity contribution in [1.82, 2.24) is 0 Å². The molecule has 3 rings (SSSR count). The molecule has 1 unspecified atom stereocenters. The highest BCUT2D eigenvalue weighted by molar-refractivity contribution is 5.16. The molecule has 1 atom stereocenters. The van der Waals surface area contributed by atoms with E-state index in [1.165, 1.54) is 0 Å². The van der Waals surface area contributed by atoms with E-state index in [1.807, 2.05) is 30.3 Å². The lowest BCUT2D eigenvalue weighted by atomic mass is 9.75. The van der Waals surface area contributed by atoms with Gasteiger partial charge >= 0.3 is 0 Å². The highest BCUT2D eigenvalue weighted by Crippen LogP contribution is 2.35. The first-order valence-electron chi connectivity index (χ1n) is 10.8.